The van der Waals surface area contributed by atoms with Crippen molar-refractivity contribution in [1.29, 1.82) is 0 Å². The first-order chi connectivity index (χ1) is 17.6. The molecule has 0 unspecified atom stereocenters. The van der Waals surface area contributed by atoms with Gasteiger partial charge in [-0.25, -0.2) is 0 Å². The summed E-state index contributed by atoms with van der Waals surface area (Å²) >= 11 is 6.50. The highest BCUT2D eigenvalue weighted by Crippen LogP contribution is 2.36. The molecular formula is C25H19F3N2O5S2. The molecule has 12 heteroatoms. The van der Waals surface area contributed by atoms with E-state index in [0.717, 1.165) is 12.1 Å². The molecule has 1 aliphatic rings. The lowest BCUT2D eigenvalue weighted by Gasteiger charge is -2.13. The average molecular weight is 549 g/mol. The first-order valence-corrected chi connectivity index (χ1v) is 11.9. The summed E-state index contributed by atoms with van der Waals surface area (Å²) in [5, 5.41) is 2.37. The molecule has 192 valence electrons. The van der Waals surface area contributed by atoms with E-state index in [9.17, 15) is 22.8 Å². The van der Waals surface area contributed by atoms with Crippen LogP contribution in [-0.2, 0) is 22.3 Å². The number of carbonyl (C=O) groups excluding carboxylic acids is 2. The zero-order valence-electron chi connectivity index (χ0n) is 19.2. The van der Waals surface area contributed by atoms with E-state index >= 15 is 0 Å². The van der Waals surface area contributed by atoms with E-state index in [4.69, 9.17) is 26.1 Å². The molecule has 2 heterocycles. The van der Waals surface area contributed by atoms with E-state index in [1.54, 1.807) is 36.4 Å². The average Bonchev–Trinajstić information content (AvgIpc) is 3.47. The molecule has 1 saturated heterocycles. The predicted molar refractivity (Wildman–Crippen MR) is 136 cm³/mol. The van der Waals surface area contributed by atoms with Crippen molar-refractivity contribution in [2.24, 2.45) is 0 Å². The van der Waals surface area contributed by atoms with Crippen molar-refractivity contribution in [2.75, 3.05) is 19.0 Å². The first-order valence-electron chi connectivity index (χ1n) is 10.7. The van der Waals surface area contributed by atoms with Gasteiger partial charge in [-0.05, 0) is 54.1 Å². The lowest BCUT2D eigenvalue weighted by Crippen LogP contribution is -2.27. The third kappa shape index (κ3) is 6.52. The van der Waals surface area contributed by atoms with Gasteiger partial charge in [0.25, 0.3) is 11.8 Å². The van der Waals surface area contributed by atoms with Crippen molar-refractivity contribution in [1.82, 2.24) is 4.90 Å². The van der Waals surface area contributed by atoms with Crippen LogP contribution in [0, 0.1) is 0 Å². The zero-order valence-corrected chi connectivity index (χ0v) is 20.8. The summed E-state index contributed by atoms with van der Waals surface area (Å²) in [6.07, 6.45) is -1.34. The number of furan rings is 1. The molecule has 0 saturated carbocycles. The number of nitrogens with zero attached hydrogens (tertiary/aromatic N) is 1. The number of carbonyl (C=O) groups is 2. The Bertz CT molecular complexity index is 1360. The molecule has 37 heavy (non-hydrogen) atoms. The molecule has 1 aliphatic heterocycles. The summed E-state index contributed by atoms with van der Waals surface area (Å²) in [6.45, 7) is -0.231. The second-order valence-corrected chi connectivity index (χ2v) is 9.35. The summed E-state index contributed by atoms with van der Waals surface area (Å²) in [4.78, 5) is 26.9. The van der Waals surface area contributed by atoms with E-state index in [1.807, 2.05) is 0 Å². The Morgan fingerprint density at radius 3 is 2.68 bits per heavy atom. The summed E-state index contributed by atoms with van der Waals surface area (Å²) in [5.74, 6) is 0.247. The van der Waals surface area contributed by atoms with Crippen molar-refractivity contribution in [3.63, 3.8) is 0 Å². The number of thiocarbonyl (C=S) groups is 1. The maximum Gasteiger partial charge on any atom is 0.416 e. The number of rotatable bonds is 8. The molecule has 0 aliphatic carbocycles. The lowest BCUT2D eigenvalue weighted by molar-refractivity contribution is -0.137. The highest BCUT2D eigenvalue weighted by molar-refractivity contribution is 8.26. The van der Waals surface area contributed by atoms with E-state index in [2.05, 4.69) is 5.32 Å². The summed E-state index contributed by atoms with van der Waals surface area (Å²) < 4.78 is 55.2. The minimum absolute atomic E-state index is 0.00454. The number of hydrogen-bond acceptors (Lipinski definition) is 7. The van der Waals surface area contributed by atoms with Gasteiger partial charge in [-0.2, -0.15) is 13.2 Å². The van der Waals surface area contributed by atoms with Crippen LogP contribution in [0.5, 0.6) is 11.5 Å². The van der Waals surface area contributed by atoms with Crippen LogP contribution >= 0.6 is 24.0 Å². The number of thioether (sulfide) groups is 1. The van der Waals surface area contributed by atoms with Crippen LogP contribution < -0.4 is 14.8 Å². The van der Waals surface area contributed by atoms with Gasteiger partial charge in [0.15, 0.2) is 18.1 Å². The lowest BCUT2D eigenvalue weighted by atomic mass is 10.2. The number of anilines is 1. The van der Waals surface area contributed by atoms with Gasteiger partial charge in [-0.1, -0.05) is 36.1 Å². The number of methoxy groups -OCH3 is 1. The van der Waals surface area contributed by atoms with Crippen LogP contribution in [0.3, 0.4) is 0 Å². The molecule has 4 rings (SSSR count). The Morgan fingerprint density at radius 1 is 1.16 bits per heavy atom. The third-order valence-corrected chi connectivity index (χ3v) is 6.46. The molecule has 0 bridgehead atoms. The molecule has 1 N–H and O–H groups in total. The second kappa shape index (κ2) is 11.1. The van der Waals surface area contributed by atoms with E-state index in [-0.39, 0.29) is 23.9 Å². The molecule has 2 amide bonds. The Labute approximate surface area is 219 Å². The Morgan fingerprint density at radius 2 is 1.97 bits per heavy atom. The van der Waals surface area contributed by atoms with Gasteiger partial charge in [-0.3, -0.25) is 14.5 Å². The number of alkyl halides is 3. The molecule has 1 fully saturated rings. The van der Waals surface area contributed by atoms with Crippen LogP contribution in [-0.4, -0.2) is 34.8 Å². The van der Waals surface area contributed by atoms with Crippen LogP contribution in [0.25, 0.3) is 6.08 Å². The van der Waals surface area contributed by atoms with Crippen molar-refractivity contribution in [2.45, 2.75) is 12.7 Å². The topological polar surface area (TPSA) is 81.0 Å². The van der Waals surface area contributed by atoms with E-state index in [0.29, 0.717) is 26.3 Å². The van der Waals surface area contributed by atoms with Crippen molar-refractivity contribution in [3.05, 3.63) is 82.7 Å². The van der Waals surface area contributed by atoms with Gasteiger partial charge < -0.3 is 19.2 Å². The smallest absolute Gasteiger partial charge is 0.416 e. The van der Waals surface area contributed by atoms with Crippen molar-refractivity contribution in [3.8, 4) is 11.5 Å². The maximum atomic E-state index is 12.9. The normalized spacial score (nSPS) is 14.8. The van der Waals surface area contributed by atoms with Crippen LogP contribution in [0.1, 0.15) is 16.9 Å². The molecule has 0 atom stereocenters. The number of halogens is 3. The van der Waals surface area contributed by atoms with Gasteiger partial charge in [-0.15, -0.1) is 0 Å². The van der Waals surface area contributed by atoms with Crippen molar-refractivity contribution >= 4 is 51.9 Å². The molecule has 1 aromatic heterocycles. The molecular weight excluding hydrogens is 529 g/mol. The quantitative estimate of drug-likeness (QED) is 0.285. The largest absolute Gasteiger partial charge is 0.493 e. The zero-order chi connectivity index (χ0) is 26.6. The maximum absolute atomic E-state index is 12.9. The Hall–Kier alpha value is -3.77. The van der Waals surface area contributed by atoms with Gasteiger partial charge in [0.1, 0.15) is 10.1 Å². The Kier molecular flexibility index (Phi) is 7.89. The minimum Gasteiger partial charge on any atom is -0.493 e. The molecule has 3 aromatic rings. The van der Waals surface area contributed by atoms with E-state index < -0.39 is 24.3 Å². The fourth-order valence-electron chi connectivity index (χ4n) is 3.35. The van der Waals surface area contributed by atoms with Gasteiger partial charge in [0.2, 0.25) is 0 Å². The fourth-order valence-corrected chi connectivity index (χ4v) is 4.61. The number of ether oxygens (including phenoxy) is 2. The molecule has 7 nitrogen and oxygen atoms in total. The SMILES string of the molecule is COc1cc(C=C2SC(=S)N(Cc3ccco3)C2=O)ccc1OCC(=O)Nc1cccc(C(F)(F)F)c1. The predicted octanol–water partition coefficient (Wildman–Crippen LogP) is 5.73. The number of benzene rings is 2. The monoisotopic (exact) mass is 548 g/mol. The summed E-state index contributed by atoms with van der Waals surface area (Å²) in [7, 11) is 1.41. The number of amides is 2. The highest BCUT2D eigenvalue weighted by atomic mass is 32.2. The van der Waals surface area contributed by atoms with Crippen LogP contribution in [0.15, 0.2) is 70.2 Å². The van der Waals surface area contributed by atoms with Gasteiger partial charge >= 0.3 is 6.18 Å². The van der Waals surface area contributed by atoms with E-state index in [1.165, 1.54) is 42.2 Å². The highest BCUT2D eigenvalue weighted by Gasteiger charge is 2.33. The van der Waals surface area contributed by atoms with Crippen LogP contribution in [0.4, 0.5) is 18.9 Å². The molecule has 0 radical (unpaired) electrons. The van der Waals surface area contributed by atoms with Crippen LogP contribution in [0.2, 0.25) is 0 Å². The fraction of sp³-hybridized carbons (Fsp3) is 0.160. The molecule has 0 spiro atoms. The van der Waals surface area contributed by atoms with Gasteiger partial charge in [0, 0.05) is 5.69 Å². The summed E-state index contributed by atoms with van der Waals surface area (Å²) in [6, 6.07) is 12.6. The number of nitrogens with one attached hydrogen (secondary N) is 1. The Balaban J connectivity index is 1.40. The summed E-state index contributed by atoms with van der Waals surface area (Å²) in [5.41, 5.74) is -0.243. The number of hydrogen-bond donors (Lipinski definition) is 1. The standard InChI is InChI=1S/C25H19F3N2O5S2/c1-33-20-10-15(11-21-23(32)30(24(36)37-21)13-18-6-3-9-34-18)7-8-19(20)35-14-22(31)29-17-5-2-4-16(12-17)25(26,27)28/h2-12H,13-14H2,1H3,(H,29,31). The minimum atomic E-state index is -4.52. The molecule has 2 aromatic carbocycles. The first kappa shape index (κ1) is 26.3. The van der Waals surface area contributed by atoms with Gasteiger partial charge in [0.05, 0.1) is 30.4 Å². The van der Waals surface area contributed by atoms with Crippen molar-refractivity contribution < 1.29 is 36.7 Å². The second-order valence-electron chi connectivity index (χ2n) is 7.67. The third-order valence-electron chi connectivity index (χ3n) is 5.09.